The van der Waals surface area contributed by atoms with Gasteiger partial charge in [-0.05, 0) is 11.0 Å². The Morgan fingerprint density at radius 2 is 1.59 bits per heavy atom. The monoisotopic (exact) mass is 435 g/mol. The van der Waals surface area contributed by atoms with E-state index >= 15 is 0 Å². The summed E-state index contributed by atoms with van der Waals surface area (Å²) in [5.74, 6) is 0.560. The van der Waals surface area contributed by atoms with Gasteiger partial charge < -0.3 is 20.3 Å². The summed E-state index contributed by atoms with van der Waals surface area (Å²) in [6, 6.07) is 0. The summed E-state index contributed by atoms with van der Waals surface area (Å²) in [7, 11) is 0. The van der Waals surface area contributed by atoms with Gasteiger partial charge in [-0.15, -0.1) is 45.1 Å². The summed E-state index contributed by atoms with van der Waals surface area (Å²) >= 11 is 0. The molecule has 2 aliphatic rings. The quantitative estimate of drug-likeness (QED) is 0.364. The molecule has 0 nitrogen and oxygen atoms in total. The van der Waals surface area contributed by atoms with Gasteiger partial charge in [0.1, 0.15) is 0 Å². The summed E-state index contributed by atoms with van der Waals surface area (Å²) < 4.78 is 0. The average Bonchev–Trinajstić information content (AvgIpc) is 2.86. The third kappa shape index (κ3) is 14.2. The second-order valence-electron chi connectivity index (χ2n) is 4.65. The Kier molecular flexibility index (Phi) is 30.5. The van der Waals surface area contributed by atoms with Crippen LogP contribution in [-0.4, -0.2) is 11.0 Å². The van der Waals surface area contributed by atoms with Crippen molar-refractivity contribution < 1.29 is 26.2 Å². The maximum absolute atomic E-state index is 3.38. The van der Waals surface area contributed by atoms with Gasteiger partial charge in [-0.25, -0.2) is 17.2 Å². The zero-order chi connectivity index (χ0) is 14.1. The van der Waals surface area contributed by atoms with Crippen molar-refractivity contribution >= 4 is 35.8 Å². The van der Waals surface area contributed by atoms with E-state index in [1.54, 1.807) is 0 Å². The van der Waals surface area contributed by atoms with Crippen LogP contribution in [0, 0.1) is 31.9 Å². The zero-order valence-corrected chi connectivity index (χ0v) is 21.0. The minimum Gasteiger partial charge on any atom is -0.372 e. The van der Waals surface area contributed by atoms with Gasteiger partial charge in [0, 0.05) is 0 Å². The maximum atomic E-state index is 3.38. The van der Waals surface area contributed by atoms with Crippen molar-refractivity contribution in [1.29, 1.82) is 0 Å². The fourth-order valence-electron chi connectivity index (χ4n) is 1.66. The van der Waals surface area contributed by atoms with Crippen molar-refractivity contribution in [2.24, 2.45) is 5.92 Å². The molecule has 2 rings (SSSR count). The van der Waals surface area contributed by atoms with Crippen LogP contribution in [-0.2, 0) is 26.2 Å². The first-order chi connectivity index (χ1) is 8.43. The van der Waals surface area contributed by atoms with Crippen LogP contribution in [0.15, 0.2) is 34.4 Å². The van der Waals surface area contributed by atoms with Crippen LogP contribution in [0.4, 0.5) is 0 Å². The van der Waals surface area contributed by atoms with E-state index in [-0.39, 0.29) is 62.0 Å². The molecule has 0 saturated heterocycles. The fraction of sp³-hybridized carbons (Fsp3) is 0.444. The third-order valence-corrected chi connectivity index (χ3v) is 3.11. The first-order valence-corrected chi connectivity index (χ1v) is 6.53. The summed E-state index contributed by atoms with van der Waals surface area (Å²) in [6.07, 6.45) is 12.3. The smallest absolute Gasteiger partial charge is 0.372 e. The summed E-state index contributed by atoms with van der Waals surface area (Å²) in [4.78, 5) is 0. The van der Waals surface area contributed by atoms with Crippen molar-refractivity contribution in [1.82, 2.24) is 0 Å². The van der Waals surface area contributed by atoms with E-state index in [9.17, 15) is 0 Å². The van der Waals surface area contributed by atoms with Crippen LogP contribution >= 0.6 is 24.8 Å². The maximum Gasteiger partial charge on any atom is 4.00 e. The first kappa shape index (κ1) is 34.1. The molecule has 0 aromatic carbocycles. The molecule has 0 fully saturated rings. The molecule has 0 saturated carbocycles. The molecule has 22 heavy (non-hydrogen) atoms. The Bertz CT molecular complexity index is 380. The van der Waals surface area contributed by atoms with Crippen molar-refractivity contribution in [3.8, 4) is 0 Å². The van der Waals surface area contributed by atoms with Crippen LogP contribution in [0.25, 0.3) is 0 Å². The molecule has 1 radical (unpaired) electrons. The van der Waals surface area contributed by atoms with Crippen molar-refractivity contribution in [3.05, 3.63) is 60.4 Å². The normalized spacial score (nSPS) is 17.0. The minimum atomic E-state index is 0. The molecule has 1 atom stereocenters. The van der Waals surface area contributed by atoms with E-state index in [4.69, 9.17) is 0 Å². The van der Waals surface area contributed by atoms with Gasteiger partial charge in [-0.2, -0.15) is 17.2 Å². The van der Waals surface area contributed by atoms with Gasteiger partial charge in [-0.3, -0.25) is 12.2 Å². The molecular formula is C18H31Cl2SiZr. The first-order valence-electron chi connectivity index (χ1n) is 6.53. The molecule has 0 aromatic rings. The summed E-state index contributed by atoms with van der Waals surface area (Å²) in [5, 5.41) is 0. The predicted molar refractivity (Wildman–Crippen MR) is 106 cm³/mol. The number of rotatable bonds is 0. The van der Waals surface area contributed by atoms with Crippen LogP contribution in [0.1, 0.15) is 47.5 Å². The Hall–Kier alpha value is 0.640. The van der Waals surface area contributed by atoms with E-state index in [1.165, 1.54) is 22.3 Å². The zero-order valence-electron chi connectivity index (χ0n) is 14.9. The number of hydrogen-bond donors (Lipinski definition) is 0. The van der Waals surface area contributed by atoms with Gasteiger partial charge in [0.15, 0.2) is 0 Å². The fourth-order valence-corrected chi connectivity index (χ4v) is 1.66. The molecule has 0 heterocycles. The van der Waals surface area contributed by atoms with Crippen molar-refractivity contribution in [2.45, 2.75) is 47.5 Å². The van der Waals surface area contributed by atoms with Crippen LogP contribution in [0.2, 0.25) is 0 Å². The second-order valence-corrected chi connectivity index (χ2v) is 4.65. The third-order valence-electron chi connectivity index (χ3n) is 3.11. The molecule has 1 unspecified atom stereocenters. The number of hydrogen-bond acceptors (Lipinski definition) is 0. The van der Waals surface area contributed by atoms with Gasteiger partial charge in [0.05, 0.1) is 0 Å². The molecule has 2 aliphatic carbocycles. The molecule has 0 aromatic heterocycles. The van der Waals surface area contributed by atoms with E-state index in [0.29, 0.717) is 5.92 Å². The van der Waals surface area contributed by atoms with E-state index < -0.39 is 0 Å². The average molecular weight is 438 g/mol. The molecule has 0 amide bonds. The van der Waals surface area contributed by atoms with Crippen molar-refractivity contribution in [2.75, 3.05) is 0 Å². The molecular weight excluding hydrogens is 406 g/mol. The van der Waals surface area contributed by atoms with E-state index in [0.717, 1.165) is 12.8 Å². The molecule has 0 N–H and O–H groups in total. The molecule has 0 bridgehead atoms. The Morgan fingerprint density at radius 1 is 1.14 bits per heavy atom. The van der Waals surface area contributed by atoms with Gasteiger partial charge in [0.25, 0.3) is 0 Å². The van der Waals surface area contributed by atoms with E-state index in [1.807, 2.05) is 6.08 Å². The SMILES string of the molecule is CC1=CC[C-]=C1.CC1=[C-]C(C)C(C)=C1C.Cl.Cl.[CH2-]C[CH2-].[SiH3].[Zr+4]. The van der Waals surface area contributed by atoms with Gasteiger partial charge in [0.2, 0.25) is 0 Å². The van der Waals surface area contributed by atoms with Gasteiger partial charge >= 0.3 is 26.2 Å². The molecule has 125 valence electrons. The van der Waals surface area contributed by atoms with Crippen molar-refractivity contribution in [3.63, 3.8) is 0 Å². The van der Waals surface area contributed by atoms with Crippen LogP contribution in [0.5, 0.6) is 0 Å². The Labute approximate surface area is 175 Å². The number of allylic oxidation sites excluding steroid dienone is 8. The van der Waals surface area contributed by atoms with E-state index in [2.05, 4.69) is 66.7 Å². The predicted octanol–water partition coefficient (Wildman–Crippen LogP) is 5.12. The summed E-state index contributed by atoms with van der Waals surface area (Å²) in [6.45, 7) is 17.5. The minimum absolute atomic E-state index is 0. The van der Waals surface area contributed by atoms with Gasteiger partial charge in [-0.1, -0.05) is 26.7 Å². The Balaban J connectivity index is -0.0000000664. The largest absolute Gasteiger partial charge is 4.00 e. The molecule has 0 aliphatic heterocycles. The molecule has 4 heteroatoms. The van der Waals surface area contributed by atoms with Crippen LogP contribution in [0.3, 0.4) is 0 Å². The number of halogens is 2. The Morgan fingerprint density at radius 3 is 1.68 bits per heavy atom. The van der Waals surface area contributed by atoms with Crippen LogP contribution < -0.4 is 0 Å². The standard InChI is InChI=1S/C9H13.C6H7.C3H6.2ClH.H3Si.Zr/c1-6-5-7(2)9(4)8(6)3;1-6-4-2-3-5-6;1-3-2;;;;/h6H,1-4H3;4-5H,2H2,1H3;1-3H2;2*1H;1H3;/q2*-1;-2;;;;+4. The summed E-state index contributed by atoms with van der Waals surface area (Å²) in [5.41, 5.74) is 5.59. The molecule has 0 spiro atoms. The topological polar surface area (TPSA) is 0 Å². The second kappa shape index (κ2) is 19.7.